The predicted molar refractivity (Wildman–Crippen MR) is 70.1 cm³/mol. The summed E-state index contributed by atoms with van der Waals surface area (Å²) in [5, 5.41) is -0.265. The summed E-state index contributed by atoms with van der Waals surface area (Å²) in [6, 6.07) is -4.46. The SMILES string of the molecule is [2H]c1c([2H])c2c([2H])c([2H])c3c([2H])c([2H])c([2H])c4c([2H])c([2H])c(c1[2H])c2c34. The van der Waals surface area contributed by atoms with E-state index in [1.165, 1.54) is 0 Å². The van der Waals surface area contributed by atoms with Crippen molar-refractivity contribution in [1.82, 2.24) is 0 Å². The predicted octanol–water partition coefficient (Wildman–Crippen LogP) is 4.58. The standard InChI is InChI=1S/C16H10/c1-3-11-7-9-13-5-2-6-14-10-8-12(4-1)15(11)16(13)14/h1-10H/i1D,2D,3D,4D,5D,6D,7D,8D,9D,10D. The maximum atomic E-state index is 8.24. The zero-order valence-corrected chi connectivity index (χ0v) is 8.00. The van der Waals surface area contributed by atoms with Gasteiger partial charge in [-0.1, -0.05) is 60.4 Å². The van der Waals surface area contributed by atoms with Crippen LogP contribution >= 0.6 is 0 Å². The summed E-state index contributed by atoms with van der Waals surface area (Å²) in [7, 11) is 0. The topological polar surface area (TPSA) is 0 Å². The van der Waals surface area contributed by atoms with E-state index in [0.29, 0.717) is 0 Å². The molecule has 0 N–H and O–H groups in total. The van der Waals surface area contributed by atoms with E-state index in [0.717, 1.165) is 0 Å². The van der Waals surface area contributed by atoms with Gasteiger partial charge in [-0.15, -0.1) is 0 Å². The van der Waals surface area contributed by atoms with E-state index in [1.807, 2.05) is 0 Å². The summed E-state index contributed by atoms with van der Waals surface area (Å²) in [6.07, 6.45) is 0. The molecule has 0 amide bonds. The Labute approximate surface area is 108 Å². The summed E-state index contributed by atoms with van der Waals surface area (Å²) in [5.74, 6) is 0. The van der Waals surface area contributed by atoms with Gasteiger partial charge in [-0.25, -0.2) is 0 Å². The second-order valence-electron chi connectivity index (χ2n) is 3.50. The van der Waals surface area contributed by atoms with Gasteiger partial charge in [-0.3, -0.25) is 0 Å². The van der Waals surface area contributed by atoms with Gasteiger partial charge in [0.2, 0.25) is 0 Å². The summed E-state index contributed by atoms with van der Waals surface area (Å²) < 4.78 is 81.4. The van der Waals surface area contributed by atoms with Crippen molar-refractivity contribution >= 4 is 32.3 Å². The van der Waals surface area contributed by atoms with Crippen LogP contribution in [0, 0.1) is 0 Å². The molecule has 4 rings (SSSR count). The number of hydrogen-bond acceptors (Lipinski definition) is 0. The third kappa shape index (κ3) is 0.892. The van der Waals surface area contributed by atoms with Crippen LogP contribution < -0.4 is 0 Å². The Morgan fingerprint density at radius 2 is 0.812 bits per heavy atom. The molecule has 4 aromatic rings. The first-order valence-corrected chi connectivity index (χ1v) is 4.75. The van der Waals surface area contributed by atoms with Crippen LogP contribution in [0.25, 0.3) is 32.3 Å². The highest BCUT2D eigenvalue weighted by atomic mass is 14.1. The second-order valence-corrected chi connectivity index (χ2v) is 3.50. The van der Waals surface area contributed by atoms with Crippen LogP contribution in [0.15, 0.2) is 60.4 Å². The molecule has 74 valence electrons. The lowest BCUT2D eigenvalue weighted by atomic mass is 9.95. The Bertz CT molecular complexity index is 1080. The molecule has 0 aromatic heterocycles. The molecule has 0 nitrogen and oxygen atoms in total. The minimum atomic E-state index is -0.505. The lowest BCUT2D eigenvalue weighted by Gasteiger charge is -2.09. The van der Waals surface area contributed by atoms with Crippen molar-refractivity contribution in [3.05, 3.63) is 60.4 Å². The van der Waals surface area contributed by atoms with Crippen molar-refractivity contribution in [3.63, 3.8) is 0 Å². The summed E-state index contributed by atoms with van der Waals surface area (Å²) in [6.45, 7) is 0. The fourth-order valence-corrected chi connectivity index (χ4v) is 1.94. The first-order chi connectivity index (χ1) is 12.1. The minimum Gasteiger partial charge on any atom is -0.0610 e. The number of rotatable bonds is 0. The van der Waals surface area contributed by atoms with Gasteiger partial charge in [0.25, 0.3) is 0 Å². The largest absolute Gasteiger partial charge is 0.0629 e. The molecule has 0 heteroatoms. The van der Waals surface area contributed by atoms with Gasteiger partial charge in [0.1, 0.15) is 0 Å². The summed E-state index contributed by atoms with van der Waals surface area (Å²) in [4.78, 5) is 0. The molecule has 0 aliphatic carbocycles. The molecule has 0 atom stereocenters. The van der Waals surface area contributed by atoms with Gasteiger partial charge in [-0.2, -0.15) is 0 Å². The monoisotopic (exact) mass is 212 g/mol. The third-order valence-corrected chi connectivity index (χ3v) is 2.62. The van der Waals surface area contributed by atoms with Gasteiger partial charge < -0.3 is 0 Å². The molecule has 0 unspecified atom stereocenters. The quantitative estimate of drug-likeness (QED) is 0.374. The van der Waals surface area contributed by atoms with Crippen LogP contribution in [0.5, 0.6) is 0 Å². The molecule has 4 aromatic carbocycles. The molecular weight excluding hydrogens is 192 g/mol. The Hall–Kier alpha value is -2.08. The van der Waals surface area contributed by atoms with E-state index >= 15 is 0 Å². The van der Waals surface area contributed by atoms with Crippen LogP contribution in [0.4, 0.5) is 0 Å². The van der Waals surface area contributed by atoms with Crippen LogP contribution in [0.3, 0.4) is 0 Å². The first-order valence-electron chi connectivity index (χ1n) is 9.75. The van der Waals surface area contributed by atoms with Gasteiger partial charge >= 0.3 is 0 Å². The van der Waals surface area contributed by atoms with Crippen molar-refractivity contribution in [2.45, 2.75) is 0 Å². The molecule has 0 aliphatic heterocycles. The van der Waals surface area contributed by atoms with Crippen LogP contribution in [-0.2, 0) is 0 Å². The lowest BCUT2D eigenvalue weighted by molar-refractivity contribution is 1.78. The summed E-state index contributed by atoms with van der Waals surface area (Å²) >= 11 is 0. The fourth-order valence-electron chi connectivity index (χ4n) is 1.94. The molecular formula is C16H10. The van der Waals surface area contributed by atoms with Gasteiger partial charge in [-0.05, 0) is 32.3 Å². The van der Waals surface area contributed by atoms with Gasteiger partial charge in [0, 0.05) is 0 Å². The zero-order chi connectivity index (χ0) is 19.2. The van der Waals surface area contributed by atoms with Crippen molar-refractivity contribution in [2.75, 3.05) is 0 Å². The molecule has 0 fully saturated rings. The van der Waals surface area contributed by atoms with E-state index in [2.05, 4.69) is 0 Å². The van der Waals surface area contributed by atoms with Gasteiger partial charge in [0.05, 0.1) is 13.7 Å². The lowest BCUT2D eigenvalue weighted by Crippen LogP contribution is -1.82. The third-order valence-electron chi connectivity index (χ3n) is 2.62. The Kier molecular flexibility index (Phi) is 0.548. The molecule has 0 aliphatic rings. The van der Waals surface area contributed by atoms with Crippen LogP contribution in [0.1, 0.15) is 13.7 Å². The summed E-state index contributed by atoms with van der Waals surface area (Å²) in [5.41, 5.74) is 0. The zero-order valence-electron chi connectivity index (χ0n) is 18.0. The highest BCUT2D eigenvalue weighted by Crippen LogP contribution is 2.33. The Balaban J connectivity index is 2.63. The van der Waals surface area contributed by atoms with Crippen LogP contribution in [0.2, 0.25) is 0 Å². The molecule has 16 heavy (non-hydrogen) atoms. The maximum absolute atomic E-state index is 8.24. The maximum Gasteiger partial charge on any atom is 0.0629 e. The minimum absolute atomic E-state index is 0.0741. The van der Waals surface area contributed by atoms with E-state index in [9.17, 15) is 0 Å². The highest BCUT2D eigenvalue weighted by molar-refractivity contribution is 6.22. The van der Waals surface area contributed by atoms with E-state index in [-0.39, 0.29) is 32.3 Å². The highest BCUT2D eigenvalue weighted by Gasteiger charge is 2.05. The Morgan fingerprint density at radius 3 is 1.12 bits per heavy atom. The van der Waals surface area contributed by atoms with Crippen molar-refractivity contribution in [3.8, 4) is 0 Å². The van der Waals surface area contributed by atoms with Crippen molar-refractivity contribution in [2.24, 2.45) is 0 Å². The van der Waals surface area contributed by atoms with Gasteiger partial charge in [0.15, 0.2) is 0 Å². The number of hydrogen-bond donors (Lipinski definition) is 0. The Morgan fingerprint density at radius 1 is 0.500 bits per heavy atom. The average Bonchev–Trinajstić information content (AvgIpc) is 2.60. The molecule has 0 saturated heterocycles. The van der Waals surface area contributed by atoms with Crippen molar-refractivity contribution < 1.29 is 13.7 Å². The van der Waals surface area contributed by atoms with E-state index in [1.54, 1.807) is 0 Å². The molecule has 0 bridgehead atoms. The van der Waals surface area contributed by atoms with Crippen molar-refractivity contribution in [1.29, 1.82) is 0 Å². The van der Waals surface area contributed by atoms with E-state index in [4.69, 9.17) is 13.7 Å². The smallest absolute Gasteiger partial charge is 0.0610 e. The number of benzene rings is 4. The van der Waals surface area contributed by atoms with E-state index < -0.39 is 60.4 Å². The second kappa shape index (κ2) is 2.73. The molecule has 0 saturated carbocycles. The molecule has 0 spiro atoms. The first kappa shape index (κ1) is 3.21. The normalized spacial score (nSPS) is 20.5. The molecule has 0 radical (unpaired) electrons. The molecule has 0 heterocycles. The average molecular weight is 212 g/mol. The van der Waals surface area contributed by atoms with Crippen LogP contribution in [-0.4, -0.2) is 0 Å². The fraction of sp³-hybridized carbons (Fsp3) is 0.